The topological polar surface area (TPSA) is 40.5 Å². The third kappa shape index (κ3) is 3.06. The van der Waals surface area contributed by atoms with Crippen LogP contribution >= 0.6 is 11.8 Å². The number of benzene rings is 1. The van der Waals surface area contributed by atoms with E-state index in [2.05, 4.69) is 18.7 Å². The molecule has 0 radical (unpaired) electrons. The monoisotopic (exact) mass is 265 g/mol. The summed E-state index contributed by atoms with van der Waals surface area (Å²) in [6.45, 7) is 6.00. The van der Waals surface area contributed by atoms with E-state index >= 15 is 0 Å². The highest BCUT2D eigenvalue weighted by Crippen LogP contribution is 2.31. The predicted octanol–water partition coefficient (Wildman–Crippen LogP) is 2.64. The Morgan fingerprint density at radius 3 is 2.33 bits per heavy atom. The number of hydrogen-bond acceptors (Lipinski definition) is 3. The maximum absolute atomic E-state index is 11.6. The summed E-state index contributed by atoms with van der Waals surface area (Å²) in [7, 11) is 0. The van der Waals surface area contributed by atoms with Crippen LogP contribution in [0.2, 0.25) is 0 Å². The zero-order valence-electron chi connectivity index (χ0n) is 10.7. The van der Waals surface area contributed by atoms with Gasteiger partial charge in [0.05, 0.1) is 0 Å². The van der Waals surface area contributed by atoms with Gasteiger partial charge in [0.15, 0.2) is 0 Å². The average Bonchev–Trinajstić information content (AvgIpc) is 2.28. The Balaban J connectivity index is 2.23. The Kier molecular flexibility index (Phi) is 4.30. The Bertz CT molecular complexity index is 400. The van der Waals surface area contributed by atoms with E-state index in [-0.39, 0.29) is 0 Å². The third-order valence-corrected chi connectivity index (χ3v) is 4.39. The third-order valence-electron chi connectivity index (χ3n) is 3.16. The number of hydrogen-bond donors (Lipinski definition) is 1. The maximum Gasteiger partial charge on any atom is 0.325 e. The van der Waals surface area contributed by atoms with Gasteiger partial charge in [-0.1, -0.05) is 44.2 Å². The lowest BCUT2D eigenvalue weighted by atomic mass is 10.0. The lowest BCUT2D eigenvalue weighted by Gasteiger charge is -2.38. The van der Waals surface area contributed by atoms with Crippen molar-refractivity contribution in [2.45, 2.75) is 30.4 Å². The molecule has 3 unspecified atom stereocenters. The van der Waals surface area contributed by atoms with Crippen LogP contribution in [0.25, 0.3) is 0 Å². The largest absolute Gasteiger partial charge is 0.480 e. The van der Waals surface area contributed by atoms with Crippen molar-refractivity contribution < 1.29 is 9.90 Å². The van der Waals surface area contributed by atoms with Crippen LogP contribution in [0.1, 0.15) is 25.5 Å². The molecule has 1 saturated heterocycles. The minimum absolute atomic E-state index is 0.485. The summed E-state index contributed by atoms with van der Waals surface area (Å²) >= 11 is 1.93. The zero-order valence-corrected chi connectivity index (χ0v) is 11.6. The van der Waals surface area contributed by atoms with Crippen molar-refractivity contribution in [3.8, 4) is 0 Å². The highest BCUT2D eigenvalue weighted by Gasteiger charge is 2.32. The fourth-order valence-corrected chi connectivity index (χ4v) is 3.92. The minimum Gasteiger partial charge on any atom is -0.480 e. The second-order valence-electron chi connectivity index (χ2n) is 4.86. The molecule has 1 fully saturated rings. The molecule has 1 aliphatic rings. The average molecular weight is 265 g/mol. The van der Waals surface area contributed by atoms with E-state index in [0.717, 1.165) is 18.7 Å². The van der Waals surface area contributed by atoms with E-state index in [1.165, 1.54) is 0 Å². The minimum atomic E-state index is -0.757. The van der Waals surface area contributed by atoms with Crippen LogP contribution < -0.4 is 0 Å². The molecule has 98 valence electrons. The molecule has 1 aromatic rings. The van der Waals surface area contributed by atoms with Gasteiger partial charge in [-0.05, 0) is 5.56 Å². The van der Waals surface area contributed by atoms with E-state index in [1.807, 2.05) is 42.1 Å². The fourth-order valence-electron chi connectivity index (χ4n) is 2.57. The fraction of sp³-hybridized carbons (Fsp3) is 0.500. The molecule has 0 saturated carbocycles. The molecule has 0 spiro atoms. The number of carboxylic acids is 1. The molecular weight excluding hydrogens is 246 g/mol. The van der Waals surface area contributed by atoms with E-state index in [4.69, 9.17) is 0 Å². The first-order chi connectivity index (χ1) is 8.58. The second-order valence-corrected chi connectivity index (χ2v) is 6.74. The van der Waals surface area contributed by atoms with Crippen molar-refractivity contribution in [1.29, 1.82) is 0 Å². The molecule has 0 amide bonds. The number of carbonyl (C=O) groups is 1. The van der Waals surface area contributed by atoms with E-state index < -0.39 is 12.0 Å². The van der Waals surface area contributed by atoms with Gasteiger partial charge >= 0.3 is 5.97 Å². The molecule has 1 N–H and O–H groups in total. The van der Waals surface area contributed by atoms with E-state index in [0.29, 0.717) is 10.5 Å². The molecule has 0 bridgehead atoms. The first-order valence-electron chi connectivity index (χ1n) is 6.25. The first kappa shape index (κ1) is 13.4. The molecular formula is C14H19NO2S. The molecule has 4 heteroatoms. The van der Waals surface area contributed by atoms with Crippen molar-refractivity contribution >= 4 is 17.7 Å². The Hall–Kier alpha value is -1.00. The lowest BCUT2D eigenvalue weighted by Crippen LogP contribution is -2.45. The van der Waals surface area contributed by atoms with E-state index in [9.17, 15) is 9.90 Å². The Labute approximate surface area is 112 Å². The molecule has 2 rings (SSSR count). The zero-order chi connectivity index (χ0) is 13.1. The first-order valence-corrected chi connectivity index (χ1v) is 7.19. The Morgan fingerprint density at radius 1 is 1.28 bits per heavy atom. The van der Waals surface area contributed by atoms with Crippen molar-refractivity contribution in [2.75, 3.05) is 13.1 Å². The molecule has 0 aromatic heterocycles. The summed E-state index contributed by atoms with van der Waals surface area (Å²) in [5.74, 6) is -0.757. The summed E-state index contributed by atoms with van der Waals surface area (Å²) in [6, 6.07) is 9.00. The predicted molar refractivity (Wildman–Crippen MR) is 74.9 cm³/mol. The van der Waals surface area contributed by atoms with Crippen molar-refractivity contribution in [2.24, 2.45) is 0 Å². The summed E-state index contributed by atoms with van der Waals surface area (Å²) in [5.41, 5.74) is 0.872. The SMILES string of the molecule is CC1CN(C(C(=O)O)c2ccccc2)CC(C)S1. The molecule has 0 aliphatic carbocycles. The molecule has 1 aliphatic heterocycles. The second kappa shape index (κ2) is 5.76. The van der Waals surface area contributed by atoms with Gasteiger partial charge in [-0.15, -0.1) is 0 Å². The van der Waals surface area contributed by atoms with Crippen molar-refractivity contribution in [3.05, 3.63) is 35.9 Å². The number of nitrogens with zero attached hydrogens (tertiary/aromatic N) is 1. The van der Waals surface area contributed by atoms with Gasteiger partial charge in [0.2, 0.25) is 0 Å². The highest BCUT2D eigenvalue weighted by molar-refractivity contribution is 8.00. The summed E-state index contributed by atoms with van der Waals surface area (Å²) in [5, 5.41) is 10.5. The van der Waals surface area contributed by atoms with Crippen LogP contribution in [0, 0.1) is 0 Å². The van der Waals surface area contributed by atoms with Gasteiger partial charge in [0.25, 0.3) is 0 Å². The van der Waals surface area contributed by atoms with Crippen LogP contribution in [0.4, 0.5) is 0 Å². The number of thioether (sulfide) groups is 1. The van der Waals surface area contributed by atoms with Crippen LogP contribution in [0.3, 0.4) is 0 Å². The lowest BCUT2D eigenvalue weighted by molar-refractivity contribution is -0.143. The van der Waals surface area contributed by atoms with Crippen LogP contribution in [-0.2, 0) is 4.79 Å². The molecule has 1 heterocycles. The van der Waals surface area contributed by atoms with Crippen LogP contribution in [0.15, 0.2) is 30.3 Å². The van der Waals surface area contributed by atoms with Crippen LogP contribution in [-0.4, -0.2) is 39.6 Å². The van der Waals surface area contributed by atoms with Gasteiger partial charge in [-0.2, -0.15) is 11.8 Å². The quantitative estimate of drug-likeness (QED) is 0.912. The molecule has 3 atom stereocenters. The summed E-state index contributed by atoms with van der Waals surface area (Å²) < 4.78 is 0. The van der Waals surface area contributed by atoms with Crippen molar-refractivity contribution in [3.63, 3.8) is 0 Å². The number of rotatable bonds is 3. The summed E-state index contributed by atoms with van der Waals surface area (Å²) in [6.07, 6.45) is 0. The Morgan fingerprint density at radius 2 is 1.83 bits per heavy atom. The van der Waals surface area contributed by atoms with E-state index in [1.54, 1.807) is 0 Å². The van der Waals surface area contributed by atoms with Gasteiger partial charge < -0.3 is 5.11 Å². The smallest absolute Gasteiger partial charge is 0.325 e. The summed E-state index contributed by atoms with van der Waals surface area (Å²) in [4.78, 5) is 13.7. The van der Waals surface area contributed by atoms with Crippen LogP contribution in [0.5, 0.6) is 0 Å². The van der Waals surface area contributed by atoms with Crippen molar-refractivity contribution in [1.82, 2.24) is 4.90 Å². The normalized spacial score (nSPS) is 26.8. The molecule has 3 nitrogen and oxygen atoms in total. The number of aliphatic carboxylic acids is 1. The van der Waals surface area contributed by atoms with Gasteiger partial charge in [0, 0.05) is 23.6 Å². The molecule has 1 aromatic carbocycles. The van der Waals surface area contributed by atoms with Gasteiger partial charge in [0.1, 0.15) is 6.04 Å². The van der Waals surface area contributed by atoms with Gasteiger partial charge in [-0.25, -0.2) is 0 Å². The highest BCUT2D eigenvalue weighted by atomic mass is 32.2. The molecule has 18 heavy (non-hydrogen) atoms. The van der Waals surface area contributed by atoms with Gasteiger partial charge in [-0.3, -0.25) is 9.69 Å². The number of carboxylic acid groups (broad SMARTS) is 1. The maximum atomic E-state index is 11.6. The standard InChI is InChI=1S/C14H19NO2S/c1-10-8-15(9-11(2)18-10)13(14(16)17)12-6-4-3-5-7-12/h3-7,10-11,13H,8-9H2,1-2H3,(H,16,17).